The summed E-state index contributed by atoms with van der Waals surface area (Å²) in [5, 5.41) is 0. The SMILES string of the molecule is COc1ccc2c(c1)OC(C)(C)C(=O)C2=O. The lowest BCUT2D eigenvalue weighted by Crippen LogP contribution is -2.46. The Kier molecular flexibility index (Phi) is 2.22. The first kappa shape index (κ1) is 10.7. The van der Waals surface area contributed by atoms with E-state index in [0.29, 0.717) is 17.1 Å². The summed E-state index contributed by atoms with van der Waals surface area (Å²) in [5.41, 5.74) is -0.804. The minimum absolute atomic E-state index is 0.296. The molecule has 1 aliphatic heterocycles. The van der Waals surface area contributed by atoms with Gasteiger partial charge in [-0.3, -0.25) is 9.59 Å². The summed E-state index contributed by atoms with van der Waals surface area (Å²) in [6.07, 6.45) is 0. The quantitative estimate of drug-likeness (QED) is 0.675. The van der Waals surface area contributed by atoms with E-state index in [2.05, 4.69) is 0 Å². The van der Waals surface area contributed by atoms with Gasteiger partial charge in [-0.25, -0.2) is 0 Å². The van der Waals surface area contributed by atoms with Crippen molar-refractivity contribution < 1.29 is 19.1 Å². The lowest BCUT2D eigenvalue weighted by Gasteiger charge is -2.29. The highest BCUT2D eigenvalue weighted by atomic mass is 16.5. The maximum atomic E-state index is 11.8. The van der Waals surface area contributed by atoms with Gasteiger partial charge in [0.1, 0.15) is 11.5 Å². The average molecular weight is 220 g/mol. The van der Waals surface area contributed by atoms with Gasteiger partial charge in [-0.05, 0) is 26.0 Å². The van der Waals surface area contributed by atoms with Gasteiger partial charge in [0.15, 0.2) is 5.60 Å². The van der Waals surface area contributed by atoms with Gasteiger partial charge >= 0.3 is 0 Å². The monoisotopic (exact) mass is 220 g/mol. The summed E-state index contributed by atoms with van der Waals surface area (Å²) in [5.74, 6) is -0.0373. The van der Waals surface area contributed by atoms with Crippen LogP contribution in [0.25, 0.3) is 0 Å². The van der Waals surface area contributed by atoms with Gasteiger partial charge in [0.25, 0.3) is 0 Å². The number of hydrogen-bond acceptors (Lipinski definition) is 4. The molecule has 0 fully saturated rings. The maximum Gasteiger partial charge on any atom is 0.246 e. The Morgan fingerprint density at radius 1 is 1.25 bits per heavy atom. The summed E-state index contributed by atoms with van der Waals surface area (Å²) in [7, 11) is 1.53. The van der Waals surface area contributed by atoms with E-state index in [-0.39, 0.29) is 0 Å². The van der Waals surface area contributed by atoms with Crippen LogP contribution < -0.4 is 9.47 Å². The number of benzene rings is 1. The van der Waals surface area contributed by atoms with Crippen LogP contribution in [0.15, 0.2) is 18.2 Å². The van der Waals surface area contributed by atoms with Crippen LogP contribution in [-0.4, -0.2) is 24.3 Å². The zero-order valence-electron chi connectivity index (χ0n) is 9.37. The van der Waals surface area contributed by atoms with Crippen LogP contribution in [0.4, 0.5) is 0 Å². The third-order valence-electron chi connectivity index (χ3n) is 2.55. The van der Waals surface area contributed by atoms with Gasteiger partial charge in [-0.2, -0.15) is 0 Å². The van der Waals surface area contributed by atoms with E-state index in [1.165, 1.54) is 7.11 Å². The lowest BCUT2D eigenvalue weighted by atomic mass is 9.91. The van der Waals surface area contributed by atoms with E-state index < -0.39 is 17.2 Å². The van der Waals surface area contributed by atoms with Crippen molar-refractivity contribution >= 4 is 11.6 Å². The molecule has 16 heavy (non-hydrogen) atoms. The molecule has 2 rings (SSSR count). The van der Waals surface area contributed by atoms with Crippen molar-refractivity contribution in [1.29, 1.82) is 0 Å². The molecule has 0 bridgehead atoms. The first-order chi connectivity index (χ1) is 7.45. The fourth-order valence-corrected chi connectivity index (χ4v) is 1.62. The van der Waals surface area contributed by atoms with E-state index >= 15 is 0 Å². The average Bonchev–Trinajstić information content (AvgIpc) is 2.25. The summed E-state index contributed by atoms with van der Waals surface area (Å²) < 4.78 is 10.5. The Morgan fingerprint density at radius 2 is 1.94 bits per heavy atom. The van der Waals surface area contributed by atoms with Gasteiger partial charge in [-0.15, -0.1) is 0 Å². The second kappa shape index (κ2) is 3.33. The molecule has 1 aromatic rings. The van der Waals surface area contributed by atoms with E-state index in [1.807, 2.05) is 0 Å². The summed E-state index contributed by atoms with van der Waals surface area (Å²) in [6.45, 7) is 3.16. The van der Waals surface area contributed by atoms with E-state index in [4.69, 9.17) is 9.47 Å². The van der Waals surface area contributed by atoms with Crippen molar-refractivity contribution in [2.45, 2.75) is 19.4 Å². The Labute approximate surface area is 93.2 Å². The van der Waals surface area contributed by atoms with Crippen LogP contribution in [0, 0.1) is 0 Å². The minimum atomic E-state index is -1.10. The van der Waals surface area contributed by atoms with E-state index in [9.17, 15) is 9.59 Å². The second-order valence-corrected chi connectivity index (χ2v) is 4.13. The molecule has 0 aliphatic carbocycles. The molecule has 1 aliphatic rings. The smallest absolute Gasteiger partial charge is 0.246 e. The Hall–Kier alpha value is -1.84. The Bertz CT molecular complexity index is 474. The van der Waals surface area contributed by atoms with Crippen LogP contribution >= 0.6 is 0 Å². The Morgan fingerprint density at radius 3 is 2.56 bits per heavy atom. The summed E-state index contributed by atoms with van der Waals surface area (Å²) in [4.78, 5) is 23.4. The number of hydrogen-bond donors (Lipinski definition) is 0. The second-order valence-electron chi connectivity index (χ2n) is 4.13. The number of Topliss-reactive ketones (excluding diaryl/α,β-unsaturated/α-hetero) is 2. The molecule has 4 nitrogen and oxygen atoms in total. The number of rotatable bonds is 1. The van der Waals surface area contributed by atoms with Crippen molar-refractivity contribution in [3.05, 3.63) is 23.8 Å². The van der Waals surface area contributed by atoms with Crippen LogP contribution in [0.1, 0.15) is 24.2 Å². The molecular weight excluding hydrogens is 208 g/mol. The third-order valence-corrected chi connectivity index (χ3v) is 2.55. The lowest BCUT2D eigenvalue weighted by molar-refractivity contribution is -0.128. The molecule has 0 spiro atoms. The van der Waals surface area contributed by atoms with Crippen molar-refractivity contribution in [2.75, 3.05) is 7.11 Å². The first-order valence-electron chi connectivity index (χ1n) is 4.92. The zero-order chi connectivity index (χ0) is 11.9. The number of ketones is 2. The van der Waals surface area contributed by atoms with E-state index in [1.54, 1.807) is 32.0 Å². The molecule has 0 unspecified atom stereocenters. The fraction of sp³-hybridized carbons (Fsp3) is 0.333. The fourth-order valence-electron chi connectivity index (χ4n) is 1.62. The molecule has 1 aromatic carbocycles. The van der Waals surface area contributed by atoms with Gasteiger partial charge in [0, 0.05) is 6.07 Å². The van der Waals surface area contributed by atoms with Crippen LogP contribution in [-0.2, 0) is 4.79 Å². The van der Waals surface area contributed by atoms with Gasteiger partial charge < -0.3 is 9.47 Å². The van der Waals surface area contributed by atoms with Crippen molar-refractivity contribution in [2.24, 2.45) is 0 Å². The first-order valence-corrected chi connectivity index (χ1v) is 4.92. The number of fused-ring (bicyclic) bond motifs is 1. The molecule has 84 valence electrons. The van der Waals surface area contributed by atoms with Gasteiger partial charge in [-0.1, -0.05) is 0 Å². The maximum absolute atomic E-state index is 11.8. The predicted molar refractivity (Wildman–Crippen MR) is 57.0 cm³/mol. The molecule has 0 N–H and O–H groups in total. The van der Waals surface area contributed by atoms with Crippen LogP contribution in [0.3, 0.4) is 0 Å². The van der Waals surface area contributed by atoms with Crippen molar-refractivity contribution in [3.63, 3.8) is 0 Å². The number of carbonyl (C=O) groups excluding carboxylic acids is 2. The zero-order valence-corrected chi connectivity index (χ0v) is 9.37. The highest BCUT2D eigenvalue weighted by Gasteiger charge is 2.41. The molecule has 0 radical (unpaired) electrons. The number of carbonyl (C=O) groups is 2. The molecule has 4 heteroatoms. The third kappa shape index (κ3) is 1.46. The topological polar surface area (TPSA) is 52.6 Å². The standard InChI is InChI=1S/C12H12O4/c1-12(2)11(14)10(13)8-5-4-7(15-3)6-9(8)16-12/h4-6H,1-3H3. The molecule has 0 saturated carbocycles. The minimum Gasteiger partial charge on any atom is -0.497 e. The molecular formula is C12H12O4. The molecule has 0 amide bonds. The Balaban J connectivity index is 2.55. The largest absolute Gasteiger partial charge is 0.497 e. The van der Waals surface area contributed by atoms with Gasteiger partial charge in [0.2, 0.25) is 11.6 Å². The van der Waals surface area contributed by atoms with Crippen molar-refractivity contribution in [1.82, 2.24) is 0 Å². The van der Waals surface area contributed by atoms with Crippen molar-refractivity contribution in [3.8, 4) is 11.5 Å². The highest BCUT2D eigenvalue weighted by molar-refractivity contribution is 6.47. The van der Waals surface area contributed by atoms with Crippen LogP contribution in [0.2, 0.25) is 0 Å². The van der Waals surface area contributed by atoms with E-state index in [0.717, 1.165) is 0 Å². The molecule has 1 heterocycles. The predicted octanol–water partition coefficient (Wildman–Crippen LogP) is 1.62. The highest BCUT2D eigenvalue weighted by Crippen LogP contribution is 2.33. The van der Waals surface area contributed by atoms with Gasteiger partial charge in [0.05, 0.1) is 12.7 Å². The molecule has 0 atom stereocenters. The summed E-state index contributed by atoms with van der Waals surface area (Å²) >= 11 is 0. The summed E-state index contributed by atoms with van der Waals surface area (Å²) in [6, 6.07) is 4.79. The van der Waals surface area contributed by atoms with Crippen LogP contribution in [0.5, 0.6) is 11.5 Å². The number of ether oxygens (including phenoxy) is 2. The normalized spacial score (nSPS) is 17.7. The molecule has 0 saturated heterocycles. The molecule has 0 aromatic heterocycles. The number of methoxy groups -OCH3 is 1.